The maximum Gasteiger partial charge on any atom is 0.263 e. The first-order valence-corrected chi connectivity index (χ1v) is 7.54. The second-order valence-electron chi connectivity index (χ2n) is 5.91. The number of aliphatic hydroxyl groups is 1. The maximum absolute atomic E-state index is 12.6. The molecule has 0 bridgehead atoms. The molecule has 1 amide bonds. The summed E-state index contributed by atoms with van der Waals surface area (Å²) in [5.41, 5.74) is 1.40. The van der Waals surface area contributed by atoms with Gasteiger partial charge in [0.25, 0.3) is 5.91 Å². The number of benzene rings is 2. The van der Waals surface area contributed by atoms with Gasteiger partial charge in [-0.25, -0.2) is 0 Å². The van der Waals surface area contributed by atoms with Gasteiger partial charge in [-0.1, -0.05) is 42.5 Å². The number of para-hydroxylation sites is 2. The Morgan fingerprint density at radius 2 is 1.78 bits per heavy atom. The van der Waals surface area contributed by atoms with Gasteiger partial charge >= 0.3 is 0 Å². The number of amides is 1. The molecule has 114 valence electrons. The van der Waals surface area contributed by atoms with E-state index in [4.69, 9.17) is 0 Å². The van der Waals surface area contributed by atoms with Gasteiger partial charge in [-0.05, 0) is 18.2 Å². The molecule has 1 aliphatic heterocycles. The molecule has 4 nitrogen and oxygen atoms in total. The van der Waals surface area contributed by atoms with Gasteiger partial charge in [0.15, 0.2) is 5.60 Å². The Balaban J connectivity index is 1.78. The fraction of sp³-hybridized carbons (Fsp3) is 0.158. The van der Waals surface area contributed by atoms with Crippen molar-refractivity contribution in [2.75, 3.05) is 11.9 Å². The number of rotatable bonds is 2. The van der Waals surface area contributed by atoms with Crippen molar-refractivity contribution in [3.05, 3.63) is 71.9 Å². The van der Waals surface area contributed by atoms with Crippen molar-refractivity contribution in [1.82, 2.24) is 4.98 Å². The average Bonchev–Trinajstić information content (AvgIpc) is 2.77. The molecular weight excluding hydrogens is 288 g/mol. The van der Waals surface area contributed by atoms with E-state index in [1.807, 2.05) is 54.6 Å². The molecule has 2 heterocycles. The highest BCUT2D eigenvalue weighted by molar-refractivity contribution is 6.06. The Labute approximate surface area is 134 Å². The summed E-state index contributed by atoms with van der Waals surface area (Å²) in [7, 11) is 1.69. The van der Waals surface area contributed by atoms with E-state index in [0.717, 1.165) is 16.6 Å². The Morgan fingerprint density at radius 1 is 1.04 bits per heavy atom. The van der Waals surface area contributed by atoms with Crippen molar-refractivity contribution in [2.24, 2.45) is 0 Å². The van der Waals surface area contributed by atoms with E-state index in [-0.39, 0.29) is 12.3 Å². The monoisotopic (exact) mass is 304 g/mol. The van der Waals surface area contributed by atoms with Gasteiger partial charge in [-0.3, -0.25) is 9.78 Å². The van der Waals surface area contributed by atoms with Crippen LogP contribution < -0.4 is 4.90 Å². The largest absolute Gasteiger partial charge is 0.375 e. The number of carbonyl (C=O) groups is 1. The summed E-state index contributed by atoms with van der Waals surface area (Å²) < 4.78 is 0. The van der Waals surface area contributed by atoms with E-state index in [2.05, 4.69) is 4.98 Å². The van der Waals surface area contributed by atoms with Crippen molar-refractivity contribution in [2.45, 2.75) is 12.0 Å². The minimum absolute atomic E-state index is 0.165. The molecule has 1 atom stereocenters. The highest BCUT2D eigenvalue weighted by Gasteiger charge is 2.48. The number of hydrogen-bond acceptors (Lipinski definition) is 3. The summed E-state index contributed by atoms with van der Waals surface area (Å²) in [6, 6.07) is 19.0. The van der Waals surface area contributed by atoms with Crippen molar-refractivity contribution >= 4 is 22.5 Å². The lowest BCUT2D eigenvalue weighted by Crippen LogP contribution is -2.40. The van der Waals surface area contributed by atoms with Crippen LogP contribution in [-0.2, 0) is 16.8 Å². The summed E-state index contributed by atoms with van der Waals surface area (Å²) in [6.45, 7) is 0. The third-order valence-corrected chi connectivity index (χ3v) is 4.46. The van der Waals surface area contributed by atoms with Crippen molar-refractivity contribution in [1.29, 1.82) is 0 Å². The fourth-order valence-electron chi connectivity index (χ4n) is 3.26. The van der Waals surface area contributed by atoms with E-state index in [0.29, 0.717) is 11.3 Å². The molecule has 1 N–H and O–H groups in total. The zero-order valence-electron chi connectivity index (χ0n) is 12.7. The Morgan fingerprint density at radius 3 is 2.65 bits per heavy atom. The molecule has 0 saturated heterocycles. The van der Waals surface area contributed by atoms with Crippen LogP contribution in [0.25, 0.3) is 10.9 Å². The summed E-state index contributed by atoms with van der Waals surface area (Å²) in [6.07, 6.45) is 0.165. The van der Waals surface area contributed by atoms with Crippen LogP contribution in [0.2, 0.25) is 0 Å². The number of pyridine rings is 1. The topological polar surface area (TPSA) is 53.4 Å². The molecule has 0 radical (unpaired) electrons. The summed E-state index contributed by atoms with van der Waals surface area (Å²) in [5, 5.41) is 12.1. The normalized spacial score (nSPS) is 20.1. The lowest BCUT2D eigenvalue weighted by Gasteiger charge is -2.21. The molecular formula is C19H16N2O2. The Kier molecular flexibility index (Phi) is 2.96. The standard InChI is InChI=1S/C19H16N2O2/c1-21-17-9-5-3-7-15(17)19(23,18(21)22)12-14-11-10-13-6-2-4-8-16(13)20-14/h2-11,23H,12H2,1H3. The first-order valence-electron chi connectivity index (χ1n) is 7.54. The van der Waals surface area contributed by atoms with Gasteiger partial charge in [-0.2, -0.15) is 0 Å². The molecule has 0 aliphatic carbocycles. The number of hydrogen-bond donors (Lipinski definition) is 1. The third-order valence-electron chi connectivity index (χ3n) is 4.46. The van der Waals surface area contributed by atoms with Crippen molar-refractivity contribution < 1.29 is 9.90 Å². The van der Waals surface area contributed by atoms with E-state index >= 15 is 0 Å². The van der Waals surface area contributed by atoms with Crippen LogP contribution >= 0.6 is 0 Å². The van der Waals surface area contributed by atoms with E-state index in [9.17, 15) is 9.90 Å². The Bertz CT molecular complexity index is 922. The van der Waals surface area contributed by atoms with Gasteiger partial charge in [0.05, 0.1) is 11.2 Å². The number of likely N-dealkylation sites (N-methyl/N-ethyl adjacent to an activating group) is 1. The quantitative estimate of drug-likeness (QED) is 0.792. The third kappa shape index (κ3) is 2.03. The minimum atomic E-state index is -1.55. The summed E-state index contributed by atoms with van der Waals surface area (Å²) in [5.74, 6) is -0.311. The number of nitrogens with zero attached hydrogens (tertiary/aromatic N) is 2. The summed E-state index contributed by atoms with van der Waals surface area (Å²) in [4.78, 5) is 18.7. The molecule has 4 rings (SSSR count). The molecule has 23 heavy (non-hydrogen) atoms. The van der Waals surface area contributed by atoms with Crippen LogP contribution in [0.5, 0.6) is 0 Å². The Hall–Kier alpha value is -2.72. The fourth-order valence-corrected chi connectivity index (χ4v) is 3.26. The van der Waals surface area contributed by atoms with Crippen LogP contribution in [0, 0.1) is 0 Å². The van der Waals surface area contributed by atoms with E-state index in [1.165, 1.54) is 4.90 Å². The van der Waals surface area contributed by atoms with Gasteiger partial charge in [0.2, 0.25) is 0 Å². The smallest absolute Gasteiger partial charge is 0.263 e. The summed E-state index contributed by atoms with van der Waals surface area (Å²) >= 11 is 0. The lowest BCUT2D eigenvalue weighted by molar-refractivity contribution is -0.135. The first kappa shape index (κ1) is 13.9. The van der Waals surface area contributed by atoms with Crippen LogP contribution in [0.4, 0.5) is 5.69 Å². The molecule has 2 aromatic carbocycles. The molecule has 3 aromatic rings. The zero-order chi connectivity index (χ0) is 16.0. The van der Waals surface area contributed by atoms with Gasteiger partial charge < -0.3 is 10.0 Å². The molecule has 0 saturated carbocycles. The predicted octanol–water partition coefficient (Wildman–Crippen LogP) is 2.64. The average molecular weight is 304 g/mol. The molecule has 1 unspecified atom stereocenters. The maximum atomic E-state index is 12.6. The van der Waals surface area contributed by atoms with Crippen LogP contribution in [0.15, 0.2) is 60.7 Å². The number of aromatic nitrogens is 1. The zero-order valence-corrected chi connectivity index (χ0v) is 12.7. The van der Waals surface area contributed by atoms with Gasteiger partial charge in [0, 0.05) is 30.1 Å². The SMILES string of the molecule is CN1C(=O)C(O)(Cc2ccc3ccccc3n2)c2ccccc21. The van der Waals surface area contributed by atoms with E-state index < -0.39 is 5.60 Å². The second-order valence-corrected chi connectivity index (χ2v) is 5.91. The van der Waals surface area contributed by atoms with Crippen LogP contribution in [-0.4, -0.2) is 23.0 Å². The molecule has 1 aromatic heterocycles. The van der Waals surface area contributed by atoms with Crippen LogP contribution in [0.1, 0.15) is 11.3 Å². The minimum Gasteiger partial charge on any atom is -0.375 e. The van der Waals surface area contributed by atoms with Gasteiger partial charge in [-0.15, -0.1) is 0 Å². The highest BCUT2D eigenvalue weighted by Crippen LogP contribution is 2.41. The molecule has 1 aliphatic rings. The van der Waals surface area contributed by atoms with Gasteiger partial charge in [0.1, 0.15) is 0 Å². The number of fused-ring (bicyclic) bond motifs is 2. The van der Waals surface area contributed by atoms with Crippen LogP contribution in [0.3, 0.4) is 0 Å². The second kappa shape index (κ2) is 4.89. The molecule has 4 heteroatoms. The number of carbonyl (C=O) groups excluding carboxylic acids is 1. The first-order chi connectivity index (χ1) is 11.1. The molecule has 0 fully saturated rings. The molecule has 0 spiro atoms. The highest BCUT2D eigenvalue weighted by atomic mass is 16.3. The lowest BCUT2D eigenvalue weighted by atomic mass is 9.90. The predicted molar refractivity (Wildman–Crippen MR) is 89.2 cm³/mol. The van der Waals surface area contributed by atoms with Crippen molar-refractivity contribution in [3.63, 3.8) is 0 Å². The van der Waals surface area contributed by atoms with E-state index in [1.54, 1.807) is 13.1 Å². The van der Waals surface area contributed by atoms with Crippen molar-refractivity contribution in [3.8, 4) is 0 Å². The number of anilines is 1.